The van der Waals surface area contributed by atoms with Crippen molar-refractivity contribution >= 4 is 21.9 Å². The lowest BCUT2D eigenvalue weighted by molar-refractivity contribution is 0.0689. The fourth-order valence-electron chi connectivity index (χ4n) is 1.19. The maximum Gasteiger partial charge on any atom is 0.355 e. The molecule has 0 amide bonds. The first-order chi connectivity index (χ1) is 8.61. The third-order valence-electron chi connectivity index (χ3n) is 2.02. The zero-order chi connectivity index (χ0) is 13.1. The molecule has 2 rings (SSSR count). The van der Waals surface area contributed by atoms with Crippen LogP contribution in [0.5, 0.6) is 5.88 Å². The SMILES string of the molecule is COc1ccc(-c2ncc(Br)c(C(=O)O)n2)nn1. The van der Waals surface area contributed by atoms with E-state index in [9.17, 15) is 4.79 Å². The van der Waals surface area contributed by atoms with Crippen LogP contribution in [0.4, 0.5) is 0 Å². The summed E-state index contributed by atoms with van der Waals surface area (Å²) in [5.41, 5.74) is 0.239. The van der Waals surface area contributed by atoms with Gasteiger partial charge in [-0.15, -0.1) is 10.2 Å². The molecule has 0 bridgehead atoms. The zero-order valence-corrected chi connectivity index (χ0v) is 10.7. The lowest BCUT2D eigenvalue weighted by Crippen LogP contribution is -2.05. The van der Waals surface area contributed by atoms with Crippen molar-refractivity contribution in [2.75, 3.05) is 7.11 Å². The van der Waals surface area contributed by atoms with Gasteiger partial charge in [-0.25, -0.2) is 14.8 Å². The summed E-state index contributed by atoms with van der Waals surface area (Å²) in [6.07, 6.45) is 1.36. The van der Waals surface area contributed by atoms with Crippen LogP contribution in [0.3, 0.4) is 0 Å². The fraction of sp³-hybridized carbons (Fsp3) is 0.100. The van der Waals surface area contributed by atoms with E-state index in [0.717, 1.165) is 0 Å². The summed E-state index contributed by atoms with van der Waals surface area (Å²) in [6.45, 7) is 0. The molecule has 8 heteroatoms. The first-order valence-electron chi connectivity index (χ1n) is 4.75. The predicted molar refractivity (Wildman–Crippen MR) is 64.3 cm³/mol. The zero-order valence-electron chi connectivity index (χ0n) is 9.16. The van der Waals surface area contributed by atoms with Crippen molar-refractivity contribution in [1.82, 2.24) is 20.2 Å². The number of halogens is 1. The second-order valence-corrected chi connectivity index (χ2v) is 4.01. The number of hydrogen-bond acceptors (Lipinski definition) is 6. The van der Waals surface area contributed by atoms with Crippen molar-refractivity contribution in [1.29, 1.82) is 0 Å². The van der Waals surface area contributed by atoms with Crippen LogP contribution in [0, 0.1) is 0 Å². The van der Waals surface area contributed by atoms with E-state index < -0.39 is 5.97 Å². The summed E-state index contributed by atoms with van der Waals surface area (Å²) in [5.74, 6) is -0.605. The van der Waals surface area contributed by atoms with Crippen LogP contribution in [0.15, 0.2) is 22.8 Å². The molecule has 0 unspecified atom stereocenters. The van der Waals surface area contributed by atoms with Crippen molar-refractivity contribution in [3.63, 3.8) is 0 Å². The highest BCUT2D eigenvalue weighted by Gasteiger charge is 2.14. The third kappa shape index (κ3) is 2.43. The minimum Gasteiger partial charge on any atom is -0.480 e. The molecule has 2 aromatic heterocycles. The molecule has 7 nitrogen and oxygen atoms in total. The molecule has 92 valence electrons. The Kier molecular flexibility index (Phi) is 3.47. The van der Waals surface area contributed by atoms with Gasteiger partial charge in [-0.1, -0.05) is 0 Å². The predicted octanol–water partition coefficient (Wildman–Crippen LogP) is 1.40. The molecular weight excluding hydrogens is 304 g/mol. The highest BCUT2D eigenvalue weighted by Crippen LogP contribution is 2.18. The van der Waals surface area contributed by atoms with Gasteiger partial charge < -0.3 is 9.84 Å². The highest BCUT2D eigenvalue weighted by atomic mass is 79.9. The molecule has 0 saturated heterocycles. The largest absolute Gasteiger partial charge is 0.480 e. The molecule has 0 radical (unpaired) electrons. The number of rotatable bonds is 3. The summed E-state index contributed by atoms with van der Waals surface area (Å²) in [6, 6.07) is 3.19. The first-order valence-corrected chi connectivity index (χ1v) is 5.55. The number of nitrogens with zero attached hydrogens (tertiary/aromatic N) is 4. The van der Waals surface area contributed by atoms with Crippen LogP contribution in [-0.2, 0) is 0 Å². The highest BCUT2D eigenvalue weighted by molar-refractivity contribution is 9.10. The molecule has 2 heterocycles. The number of aromatic carboxylic acids is 1. The minimum absolute atomic E-state index is 0.127. The van der Waals surface area contributed by atoms with Gasteiger partial charge in [-0.3, -0.25) is 0 Å². The smallest absolute Gasteiger partial charge is 0.355 e. The van der Waals surface area contributed by atoms with Gasteiger partial charge in [-0.05, 0) is 22.0 Å². The molecule has 0 aliphatic rings. The molecule has 0 aliphatic carbocycles. The van der Waals surface area contributed by atoms with Crippen LogP contribution < -0.4 is 4.74 Å². The molecular formula is C10H7BrN4O3. The van der Waals surface area contributed by atoms with Crippen molar-refractivity contribution < 1.29 is 14.6 Å². The van der Waals surface area contributed by atoms with Gasteiger partial charge in [0.1, 0.15) is 5.69 Å². The Morgan fingerprint density at radius 3 is 2.72 bits per heavy atom. The van der Waals surface area contributed by atoms with E-state index in [1.54, 1.807) is 12.1 Å². The minimum atomic E-state index is -1.15. The van der Waals surface area contributed by atoms with Gasteiger partial charge in [-0.2, -0.15) is 0 Å². The van der Waals surface area contributed by atoms with Gasteiger partial charge in [0, 0.05) is 12.3 Å². The Balaban J connectivity index is 2.44. The van der Waals surface area contributed by atoms with Crippen molar-refractivity contribution in [3.8, 4) is 17.4 Å². The Hall–Kier alpha value is -2.09. The van der Waals surface area contributed by atoms with Gasteiger partial charge >= 0.3 is 5.97 Å². The van der Waals surface area contributed by atoms with Crippen molar-refractivity contribution in [2.24, 2.45) is 0 Å². The van der Waals surface area contributed by atoms with Crippen LogP contribution in [0.2, 0.25) is 0 Å². The molecule has 0 aromatic carbocycles. The molecule has 0 saturated carbocycles. The molecule has 2 aromatic rings. The lowest BCUT2D eigenvalue weighted by atomic mass is 10.3. The van der Waals surface area contributed by atoms with Crippen LogP contribution in [-0.4, -0.2) is 38.4 Å². The number of aromatic nitrogens is 4. The molecule has 1 N–H and O–H groups in total. The first kappa shape index (κ1) is 12.4. The third-order valence-corrected chi connectivity index (χ3v) is 2.61. The summed E-state index contributed by atoms with van der Waals surface area (Å²) >= 11 is 3.06. The number of carboxylic acid groups (broad SMARTS) is 1. The number of hydrogen-bond donors (Lipinski definition) is 1. The summed E-state index contributed by atoms with van der Waals surface area (Å²) in [7, 11) is 1.47. The average Bonchev–Trinajstić information content (AvgIpc) is 2.39. The van der Waals surface area contributed by atoms with E-state index in [-0.39, 0.29) is 11.5 Å². The number of methoxy groups -OCH3 is 1. The average molecular weight is 311 g/mol. The van der Waals surface area contributed by atoms with E-state index in [1.807, 2.05) is 0 Å². The Morgan fingerprint density at radius 2 is 2.17 bits per heavy atom. The maximum absolute atomic E-state index is 10.9. The monoisotopic (exact) mass is 310 g/mol. The summed E-state index contributed by atoms with van der Waals surface area (Å²) in [5, 5.41) is 16.5. The molecule has 0 spiro atoms. The lowest BCUT2D eigenvalue weighted by Gasteiger charge is -2.02. The topological polar surface area (TPSA) is 98.1 Å². The molecule has 0 aliphatic heterocycles. The van der Waals surface area contributed by atoms with Crippen LogP contribution in [0.1, 0.15) is 10.5 Å². The second kappa shape index (κ2) is 5.05. The van der Waals surface area contributed by atoms with Crippen molar-refractivity contribution in [3.05, 3.63) is 28.5 Å². The normalized spacial score (nSPS) is 10.1. The summed E-state index contributed by atoms with van der Waals surface area (Å²) in [4.78, 5) is 18.8. The van der Waals surface area contributed by atoms with Crippen LogP contribution in [0.25, 0.3) is 11.5 Å². The number of carbonyl (C=O) groups is 1. The standard InChI is InChI=1S/C10H7BrN4O3/c1-18-7-3-2-6(14-15-7)9-12-4-5(11)8(13-9)10(16)17/h2-4H,1H3,(H,16,17). The Bertz CT molecular complexity index is 588. The van der Waals surface area contributed by atoms with Crippen molar-refractivity contribution in [2.45, 2.75) is 0 Å². The second-order valence-electron chi connectivity index (χ2n) is 3.16. The van der Waals surface area contributed by atoms with Gasteiger partial charge in [0.15, 0.2) is 11.5 Å². The van der Waals surface area contributed by atoms with E-state index >= 15 is 0 Å². The maximum atomic E-state index is 10.9. The van der Waals surface area contributed by atoms with E-state index in [0.29, 0.717) is 16.0 Å². The molecule has 0 atom stereocenters. The van der Waals surface area contributed by atoms with E-state index in [2.05, 4.69) is 36.1 Å². The Morgan fingerprint density at radius 1 is 1.39 bits per heavy atom. The fourth-order valence-corrected chi connectivity index (χ4v) is 1.55. The van der Waals surface area contributed by atoms with Gasteiger partial charge in [0.05, 0.1) is 11.6 Å². The number of carboxylic acids is 1. The Labute approximate surface area is 110 Å². The van der Waals surface area contributed by atoms with E-state index in [4.69, 9.17) is 9.84 Å². The quantitative estimate of drug-likeness (QED) is 0.914. The molecule has 18 heavy (non-hydrogen) atoms. The van der Waals surface area contributed by atoms with Crippen LogP contribution >= 0.6 is 15.9 Å². The number of ether oxygens (including phenoxy) is 1. The van der Waals surface area contributed by atoms with Gasteiger partial charge in [0.25, 0.3) is 0 Å². The summed E-state index contributed by atoms with van der Waals surface area (Å²) < 4.78 is 5.18. The van der Waals surface area contributed by atoms with Gasteiger partial charge in [0.2, 0.25) is 5.88 Å². The van der Waals surface area contributed by atoms with E-state index in [1.165, 1.54) is 13.3 Å². The molecule has 0 fully saturated rings.